The molecular weight excluding hydrogens is 284 g/mol. The highest BCUT2D eigenvalue weighted by atomic mass is 35.5. The maximum absolute atomic E-state index is 11.9. The summed E-state index contributed by atoms with van der Waals surface area (Å²) in [5, 5.41) is 6.70. The number of hydrogen-bond acceptors (Lipinski definition) is 2. The number of benzene rings is 1. The van der Waals surface area contributed by atoms with E-state index < -0.39 is 0 Å². The number of carbonyl (C=O) groups excluding carboxylic acids is 1. The molecule has 0 atom stereocenters. The van der Waals surface area contributed by atoms with Crippen LogP contribution in [-0.2, 0) is 4.79 Å². The number of anilines is 1. The lowest BCUT2D eigenvalue weighted by Gasteiger charge is -2.25. The minimum Gasteiger partial charge on any atom is -0.325 e. The zero-order valence-corrected chi connectivity index (χ0v) is 14.1. The smallest absolute Gasteiger partial charge is 0.238 e. The largest absolute Gasteiger partial charge is 0.325 e. The molecule has 0 aliphatic rings. The Balaban J connectivity index is 2.26. The van der Waals surface area contributed by atoms with Gasteiger partial charge in [-0.2, -0.15) is 0 Å². The molecule has 0 spiro atoms. The first-order valence-electron chi connectivity index (χ1n) is 7.69. The van der Waals surface area contributed by atoms with Gasteiger partial charge in [-0.05, 0) is 30.0 Å². The van der Waals surface area contributed by atoms with E-state index in [0.717, 1.165) is 12.2 Å². The third-order valence-electron chi connectivity index (χ3n) is 3.45. The Morgan fingerprint density at radius 3 is 2.71 bits per heavy atom. The fraction of sp³-hybridized carbons (Fsp3) is 0.588. The van der Waals surface area contributed by atoms with Gasteiger partial charge in [0.2, 0.25) is 5.91 Å². The summed E-state index contributed by atoms with van der Waals surface area (Å²) in [4.78, 5) is 11.9. The molecular formula is C17H27ClN2O. The molecule has 0 aromatic heterocycles. The first-order valence-corrected chi connectivity index (χ1v) is 8.07. The minimum absolute atomic E-state index is 0.0402. The van der Waals surface area contributed by atoms with Crippen LogP contribution in [0, 0.1) is 5.41 Å². The van der Waals surface area contributed by atoms with Crippen molar-refractivity contribution in [2.24, 2.45) is 5.41 Å². The predicted molar refractivity (Wildman–Crippen MR) is 90.9 cm³/mol. The molecule has 0 radical (unpaired) electrons. The molecule has 0 saturated heterocycles. The van der Waals surface area contributed by atoms with Crippen LogP contribution in [0.3, 0.4) is 0 Å². The van der Waals surface area contributed by atoms with Crippen molar-refractivity contribution in [3.05, 3.63) is 29.3 Å². The topological polar surface area (TPSA) is 41.1 Å². The van der Waals surface area contributed by atoms with E-state index in [2.05, 4.69) is 31.4 Å². The van der Waals surface area contributed by atoms with Crippen molar-refractivity contribution in [1.82, 2.24) is 5.32 Å². The van der Waals surface area contributed by atoms with E-state index in [1.807, 2.05) is 12.1 Å². The van der Waals surface area contributed by atoms with Gasteiger partial charge in [-0.3, -0.25) is 4.79 Å². The summed E-state index contributed by atoms with van der Waals surface area (Å²) in [5.41, 5.74) is 0.961. The van der Waals surface area contributed by atoms with Crippen LogP contribution in [0.25, 0.3) is 0 Å². The van der Waals surface area contributed by atoms with E-state index >= 15 is 0 Å². The first kappa shape index (κ1) is 18.0. The zero-order chi connectivity index (χ0) is 15.7. The second-order valence-electron chi connectivity index (χ2n) is 6.28. The van der Waals surface area contributed by atoms with Gasteiger partial charge in [0.05, 0.1) is 6.54 Å². The van der Waals surface area contributed by atoms with Crippen molar-refractivity contribution in [2.45, 2.75) is 46.5 Å². The van der Waals surface area contributed by atoms with Crippen LogP contribution in [0.15, 0.2) is 24.3 Å². The normalized spacial score (nSPS) is 11.4. The lowest BCUT2D eigenvalue weighted by Crippen LogP contribution is -2.35. The molecule has 1 aromatic rings. The van der Waals surface area contributed by atoms with Gasteiger partial charge in [-0.25, -0.2) is 0 Å². The average Bonchev–Trinajstić information content (AvgIpc) is 2.38. The quantitative estimate of drug-likeness (QED) is 0.660. The van der Waals surface area contributed by atoms with Crippen molar-refractivity contribution < 1.29 is 4.79 Å². The molecule has 2 N–H and O–H groups in total. The summed E-state index contributed by atoms with van der Waals surface area (Å²) in [7, 11) is 0. The molecule has 0 bridgehead atoms. The number of amides is 1. The first-order chi connectivity index (χ1) is 9.93. The van der Waals surface area contributed by atoms with Crippen molar-refractivity contribution in [3.63, 3.8) is 0 Å². The van der Waals surface area contributed by atoms with Crippen LogP contribution >= 0.6 is 11.6 Å². The van der Waals surface area contributed by atoms with Gasteiger partial charge < -0.3 is 10.6 Å². The Kier molecular flexibility index (Phi) is 7.76. The number of hydrogen-bond donors (Lipinski definition) is 2. The van der Waals surface area contributed by atoms with Crippen LogP contribution in [-0.4, -0.2) is 19.0 Å². The Bertz CT molecular complexity index is 446. The molecule has 1 aromatic carbocycles. The minimum atomic E-state index is -0.0402. The Hall–Kier alpha value is -1.06. The van der Waals surface area contributed by atoms with E-state index in [-0.39, 0.29) is 11.3 Å². The van der Waals surface area contributed by atoms with Crippen LogP contribution in [0.4, 0.5) is 5.69 Å². The highest BCUT2D eigenvalue weighted by Crippen LogP contribution is 2.22. The number of nitrogens with one attached hydrogen (secondary N) is 2. The highest BCUT2D eigenvalue weighted by Gasteiger charge is 2.17. The van der Waals surface area contributed by atoms with Crippen LogP contribution in [0.5, 0.6) is 0 Å². The Labute approximate surface area is 133 Å². The van der Waals surface area contributed by atoms with E-state index in [0.29, 0.717) is 11.6 Å². The van der Waals surface area contributed by atoms with Crippen molar-refractivity contribution >= 4 is 23.2 Å². The molecule has 0 aliphatic heterocycles. The molecule has 4 heteroatoms. The maximum Gasteiger partial charge on any atom is 0.238 e. The summed E-state index contributed by atoms with van der Waals surface area (Å²) < 4.78 is 0. The molecule has 3 nitrogen and oxygen atoms in total. The highest BCUT2D eigenvalue weighted by molar-refractivity contribution is 6.30. The fourth-order valence-electron chi connectivity index (χ4n) is 2.23. The van der Waals surface area contributed by atoms with Crippen LogP contribution in [0.1, 0.15) is 46.5 Å². The monoisotopic (exact) mass is 310 g/mol. The van der Waals surface area contributed by atoms with Crippen molar-refractivity contribution in [3.8, 4) is 0 Å². The third kappa shape index (κ3) is 8.08. The number of unbranched alkanes of at least 4 members (excludes halogenated alkanes) is 2. The van der Waals surface area contributed by atoms with E-state index in [1.165, 1.54) is 25.7 Å². The van der Waals surface area contributed by atoms with Gasteiger partial charge in [0.1, 0.15) is 0 Å². The van der Waals surface area contributed by atoms with E-state index in [4.69, 9.17) is 11.6 Å². The van der Waals surface area contributed by atoms with Crippen molar-refractivity contribution in [2.75, 3.05) is 18.4 Å². The summed E-state index contributed by atoms with van der Waals surface area (Å²) in [5.74, 6) is -0.0402. The predicted octanol–water partition coefficient (Wildman–Crippen LogP) is 4.47. The lowest BCUT2D eigenvalue weighted by atomic mass is 9.87. The van der Waals surface area contributed by atoms with Gasteiger partial charge >= 0.3 is 0 Å². The Morgan fingerprint density at radius 2 is 2.05 bits per heavy atom. The molecule has 0 aliphatic carbocycles. The average molecular weight is 311 g/mol. The molecule has 1 amide bonds. The maximum atomic E-state index is 11.9. The summed E-state index contributed by atoms with van der Waals surface area (Å²) in [6.07, 6.45) is 4.95. The summed E-state index contributed by atoms with van der Waals surface area (Å²) in [6, 6.07) is 7.18. The standard InChI is InChI=1S/C17H27ClN2O/c1-4-5-6-10-17(2,3)13-19-12-16(21)20-15-9-7-8-14(18)11-15/h7-9,11,19H,4-6,10,12-13H2,1-3H3,(H,20,21). The van der Waals surface area contributed by atoms with E-state index in [9.17, 15) is 4.79 Å². The molecule has 1 rings (SSSR count). The van der Waals surface area contributed by atoms with Crippen LogP contribution < -0.4 is 10.6 Å². The zero-order valence-electron chi connectivity index (χ0n) is 13.3. The van der Waals surface area contributed by atoms with Gasteiger partial charge in [-0.15, -0.1) is 0 Å². The van der Waals surface area contributed by atoms with Gasteiger partial charge in [0.15, 0.2) is 0 Å². The summed E-state index contributed by atoms with van der Waals surface area (Å²) in [6.45, 7) is 7.86. The molecule has 118 valence electrons. The third-order valence-corrected chi connectivity index (χ3v) is 3.69. The van der Waals surface area contributed by atoms with Crippen molar-refractivity contribution in [1.29, 1.82) is 0 Å². The van der Waals surface area contributed by atoms with Gasteiger partial charge in [0, 0.05) is 17.3 Å². The number of rotatable bonds is 9. The lowest BCUT2D eigenvalue weighted by molar-refractivity contribution is -0.115. The van der Waals surface area contributed by atoms with Gasteiger partial charge in [-0.1, -0.05) is 57.7 Å². The second kappa shape index (κ2) is 9.06. The Morgan fingerprint density at radius 1 is 1.29 bits per heavy atom. The molecule has 0 saturated carbocycles. The fourth-order valence-corrected chi connectivity index (χ4v) is 2.42. The summed E-state index contributed by atoms with van der Waals surface area (Å²) >= 11 is 5.89. The van der Waals surface area contributed by atoms with Crippen LogP contribution in [0.2, 0.25) is 5.02 Å². The second-order valence-corrected chi connectivity index (χ2v) is 6.72. The molecule has 0 heterocycles. The molecule has 0 unspecified atom stereocenters. The molecule has 0 fully saturated rings. The number of carbonyl (C=O) groups is 1. The SMILES string of the molecule is CCCCCC(C)(C)CNCC(=O)Nc1cccc(Cl)c1. The molecule has 21 heavy (non-hydrogen) atoms. The number of halogens is 1. The van der Waals surface area contributed by atoms with Gasteiger partial charge in [0.25, 0.3) is 0 Å². The van der Waals surface area contributed by atoms with E-state index in [1.54, 1.807) is 12.1 Å².